The van der Waals surface area contributed by atoms with Crippen molar-refractivity contribution in [1.82, 2.24) is 20.4 Å². The lowest BCUT2D eigenvalue weighted by molar-refractivity contribution is -0.121. The van der Waals surface area contributed by atoms with Crippen molar-refractivity contribution in [1.29, 1.82) is 0 Å². The summed E-state index contributed by atoms with van der Waals surface area (Å²) in [5.41, 5.74) is 2.19. The molecule has 1 saturated carbocycles. The summed E-state index contributed by atoms with van der Waals surface area (Å²) in [5.74, 6) is 1.40. The van der Waals surface area contributed by atoms with Gasteiger partial charge in [0, 0.05) is 36.8 Å². The second kappa shape index (κ2) is 7.45. The van der Waals surface area contributed by atoms with Gasteiger partial charge < -0.3 is 15.5 Å². The Bertz CT molecular complexity index is 635. The van der Waals surface area contributed by atoms with Gasteiger partial charge in [-0.3, -0.25) is 9.89 Å². The maximum Gasteiger partial charge on any atom is 0.317 e. The fraction of sp³-hybridized carbons (Fsp3) is 0.722. The van der Waals surface area contributed by atoms with Crippen LogP contribution in [0.4, 0.5) is 10.6 Å². The van der Waals surface area contributed by atoms with Crippen LogP contribution in [0.1, 0.15) is 56.7 Å². The van der Waals surface area contributed by atoms with Gasteiger partial charge in [-0.25, -0.2) is 4.79 Å². The predicted molar refractivity (Wildman–Crippen MR) is 96.5 cm³/mol. The van der Waals surface area contributed by atoms with Crippen molar-refractivity contribution in [3.8, 4) is 0 Å². The van der Waals surface area contributed by atoms with Gasteiger partial charge >= 0.3 is 6.03 Å². The molecule has 0 bridgehead atoms. The van der Waals surface area contributed by atoms with E-state index in [1.165, 1.54) is 12.8 Å². The third-order valence-electron chi connectivity index (χ3n) is 5.02. The van der Waals surface area contributed by atoms with Crippen LogP contribution in [0.15, 0.2) is 0 Å². The van der Waals surface area contributed by atoms with Gasteiger partial charge in [-0.15, -0.1) is 0 Å². The second-order valence-corrected chi connectivity index (χ2v) is 7.74. The smallest absolute Gasteiger partial charge is 0.317 e. The van der Waals surface area contributed by atoms with Gasteiger partial charge in [0.25, 0.3) is 0 Å². The van der Waals surface area contributed by atoms with Gasteiger partial charge in [0.15, 0.2) is 5.82 Å². The standard InChI is InChI=1S/C18H29N5O2/c1-11(2)9-19-18(25)23-8-4-5-14(10-23)17(24)20-16-12(3)15(21-22-16)13-6-7-13/h11,13-14H,4-10H2,1-3H3,(H,19,25)(H2,20,21,22,24)/t14-/m1/s1. The number of urea groups is 1. The zero-order valence-electron chi connectivity index (χ0n) is 15.4. The minimum atomic E-state index is -0.181. The number of anilines is 1. The molecule has 1 aromatic heterocycles. The third-order valence-corrected chi connectivity index (χ3v) is 5.02. The fourth-order valence-electron chi connectivity index (χ4n) is 3.30. The highest BCUT2D eigenvalue weighted by Gasteiger charge is 2.31. The number of carbonyl (C=O) groups excluding carboxylic acids is 2. The van der Waals surface area contributed by atoms with E-state index >= 15 is 0 Å². The Morgan fingerprint density at radius 3 is 2.76 bits per heavy atom. The molecule has 25 heavy (non-hydrogen) atoms. The number of carbonyl (C=O) groups is 2. The molecule has 1 aliphatic carbocycles. The molecule has 138 valence electrons. The van der Waals surface area contributed by atoms with Crippen molar-refractivity contribution < 1.29 is 9.59 Å². The normalized spacial score (nSPS) is 20.6. The molecule has 0 aromatic carbocycles. The molecule has 0 spiro atoms. The van der Waals surface area contributed by atoms with E-state index in [2.05, 4.69) is 34.7 Å². The van der Waals surface area contributed by atoms with Crippen molar-refractivity contribution in [3.05, 3.63) is 11.3 Å². The van der Waals surface area contributed by atoms with Crippen LogP contribution in [0.2, 0.25) is 0 Å². The van der Waals surface area contributed by atoms with Crippen molar-refractivity contribution in [2.45, 2.75) is 52.4 Å². The lowest BCUT2D eigenvalue weighted by Gasteiger charge is -2.32. The molecule has 3 rings (SSSR count). The molecular formula is C18H29N5O2. The maximum absolute atomic E-state index is 12.6. The lowest BCUT2D eigenvalue weighted by atomic mass is 9.97. The number of nitrogens with zero attached hydrogens (tertiary/aromatic N) is 2. The molecule has 0 radical (unpaired) electrons. The number of hydrogen-bond acceptors (Lipinski definition) is 3. The number of amides is 3. The van der Waals surface area contributed by atoms with E-state index in [0.29, 0.717) is 37.3 Å². The van der Waals surface area contributed by atoms with E-state index in [9.17, 15) is 9.59 Å². The van der Waals surface area contributed by atoms with Gasteiger partial charge in [0.1, 0.15) is 0 Å². The van der Waals surface area contributed by atoms with Crippen LogP contribution in [0.5, 0.6) is 0 Å². The average Bonchev–Trinajstić information content (AvgIpc) is 3.38. The van der Waals surface area contributed by atoms with Crippen LogP contribution >= 0.6 is 0 Å². The van der Waals surface area contributed by atoms with E-state index in [4.69, 9.17) is 0 Å². The average molecular weight is 347 g/mol. The summed E-state index contributed by atoms with van der Waals surface area (Å²) in [4.78, 5) is 26.6. The summed E-state index contributed by atoms with van der Waals surface area (Å²) in [5, 5.41) is 13.2. The largest absolute Gasteiger partial charge is 0.338 e. The molecule has 7 nitrogen and oxygen atoms in total. The summed E-state index contributed by atoms with van der Waals surface area (Å²) < 4.78 is 0. The summed E-state index contributed by atoms with van der Waals surface area (Å²) >= 11 is 0. The van der Waals surface area contributed by atoms with E-state index in [1.807, 2.05) is 6.92 Å². The number of rotatable bonds is 5. The van der Waals surface area contributed by atoms with Crippen LogP contribution in [-0.4, -0.2) is 46.7 Å². The van der Waals surface area contributed by atoms with Crippen LogP contribution in [0.25, 0.3) is 0 Å². The molecule has 3 amide bonds. The zero-order valence-corrected chi connectivity index (χ0v) is 15.4. The molecule has 2 aliphatic rings. The van der Waals surface area contributed by atoms with Crippen LogP contribution in [-0.2, 0) is 4.79 Å². The number of hydrogen-bond donors (Lipinski definition) is 3. The van der Waals surface area contributed by atoms with Crippen molar-refractivity contribution in [2.75, 3.05) is 25.0 Å². The van der Waals surface area contributed by atoms with Crippen LogP contribution in [0, 0.1) is 18.8 Å². The third kappa shape index (κ3) is 4.32. The number of likely N-dealkylation sites (tertiary alicyclic amines) is 1. The minimum Gasteiger partial charge on any atom is -0.338 e. The Balaban J connectivity index is 1.55. The lowest BCUT2D eigenvalue weighted by Crippen LogP contribution is -2.48. The number of aromatic nitrogens is 2. The Hall–Kier alpha value is -2.05. The van der Waals surface area contributed by atoms with Gasteiger partial charge in [-0.1, -0.05) is 13.8 Å². The second-order valence-electron chi connectivity index (χ2n) is 7.74. The molecule has 1 aromatic rings. The highest BCUT2D eigenvalue weighted by atomic mass is 16.2. The molecule has 2 fully saturated rings. The highest BCUT2D eigenvalue weighted by Crippen LogP contribution is 2.41. The van der Waals surface area contributed by atoms with Gasteiger partial charge in [-0.2, -0.15) is 5.10 Å². The van der Waals surface area contributed by atoms with E-state index in [0.717, 1.165) is 24.1 Å². The number of H-pyrrole nitrogens is 1. The van der Waals surface area contributed by atoms with Crippen molar-refractivity contribution in [3.63, 3.8) is 0 Å². The first-order valence-electron chi connectivity index (χ1n) is 9.34. The molecule has 1 atom stereocenters. The summed E-state index contributed by atoms with van der Waals surface area (Å²) in [6.07, 6.45) is 4.04. The number of nitrogens with one attached hydrogen (secondary N) is 3. The van der Waals surface area contributed by atoms with E-state index < -0.39 is 0 Å². The van der Waals surface area contributed by atoms with Crippen molar-refractivity contribution >= 4 is 17.8 Å². The van der Waals surface area contributed by atoms with Gasteiger partial charge in [0.2, 0.25) is 5.91 Å². The Labute approximate surface area is 148 Å². The van der Waals surface area contributed by atoms with Crippen LogP contribution in [0.3, 0.4) is 0 Å². The molecule has 0 unspecified atom stereocenters. The van der Waals surface area contributed by atoms with Gasteiger partial charge in [-0.05, 0) is 38.5 Å². The number of aromatic amines is 1. The van der Waals surface area contributed by atoms with Crippen molar-refractivity contribution in [2.24, 2.45) is 11.8 Å². The first-order chi connectivity index (χ1) is 12.0. The van der Waals surface area contributed by atoms with Crippen LogP contribution < -0.4 is 10.6 Å². The summed E-state index contributed by atoms with van der Waals surface area (Å²) in [6, 6.07) is -0.0711. The first kappa shape index (κ1) is 17.8. The first-order valence-corrected chi connectivity index (χ1v) is 9.34. The molecule has 7 heteroatoms. The Kier molecular flexibility index (Phi) is 5.30. The minimum absolute atomic E-state index is 0.0432. The summed E-state index contributed by atoms with van der Waals surface area (Å²) in [6.45, 7) is 7.96. The fourth-order valence-corrected chi connectivity index (χ4v) is 3.30. The van der Waals surface area contributed by atoms with Gasteiger partial charge in [0.05, 0.1) is 5.92 Å². The monoisotopic (exact) mass is 347 g/mol. The van der Waals surface area contributed by atoms with E-state index in [1.54, 1.807) is 4.90 Å². The predicted octanol–water partition coefficient (Wildman–Crippen LogP) is 2.61. The SMILES string of the molecule is Cc1c(NC(=O)[C@@H]2CCCN(C(=O)NCC(C)C)C2)n[nH]c1C1CC1. The zero-order chi connectivity index (χ0) is 18.0. The Morgan fingerprint density at radius 1 is 1.32 bits per heavy atom. The van der Waals surface area contributed by atoms with E-state index in [-0.39, 0.29) is 17.9 Å². The maximum atomic E-state index is 12.6. The number of piperidine rings is 1. The molecule has 3 N–H and O–H groups in total. The highest BCUT2D eigenvalue weighted by molar-refractivity contribution is 5.93. The molecule has 2 heterocycles. The quantitative estimate of drug-likeness (QED) is 0.765. The Morgan fingerprint density at radius 2 is 2.08 bits per heavy atom. The summed E-state index contributed by atoms with van der Waals surface area (Å²) in [7, 11) is 0. The topological polar surface area (TPSA) is 90.1 Å². The molecular weight excluding hydrogens is 318 g/mol. The molecule has 1 saturated heterocycles. The molecule has 1 aliphatic heterocycles.